The summed E-state index contributed by atoms with van der Waals surface area (Å²) in [5.41, 5.74) is 1.99. The molecule has 0 aliphatic carbocycles. The average molecular weight is 219 g/mol. The van der Waals surface area contributed by atoms with Gasteiger partial charge >= 0.3 is 0 Å². The Bertz CT molecular complexity index is 423. The van der Waals surface area contributed by atoms with Crippen LogP contribution in [0.1, 0.15) is 15.9 Å². The van der Waals surface area contributed by atoms with E-state index in [0.717, 1.165) is 21.8 Å². The molecule has 0 amide bonds. The van der Waals surface area contributed by atoms with Gasteiger partial charge in [-0.2, -0.15) is 0 Å². The molecule has 1 aromatic carbocycles. The Balaban J connectivity index is 2.38. The van der Waals surface area contributed by atoms with E-state index in [4.69, 9.17) is 0 Å². The first-order chi connectivity index (χ1) is 7.18. The van der Waals surface area contributed by atoms with Crippen molar-refractivity contribution in [3.8, 4) is 0 Å². The molecule has 0 bridgehead atoms. The fraction of sp³-hybridized carbons (Fsp3) is 0.250. The Morgan fingerprint density at radius 1 is 1.33 bits per heavy atom. The SMILES string of the molecule is CN(C)C=C1SCc2ccccc2C1=O. The van der Waals surface area contributed by atoms with Crippen LogP contribution in [0.2, 0.25) is 0 Å². The third kappa shape index (κ3) is 2.07. The minimum atomic E-state index is 0.149. The van der Waals surface area contributed by atoms with E-state index in [1.54, 1.807) is 11.8 Å². The van der Waals surface area contributed by atoms with Gasteiger partial charge in [0.2, 0.25) is 5.78 Å². The van der Waals surface area contributed by atoms with Crippen LogP contribution < -0.4 is 0 Å². The number of thioether (sulfide) groups is 1. The monoisotopic (exact) mass is 219 g/mol. The largest absolute Gasteiger partial charge is 0.382 e. The van der Waals surface area contributed by atoms with Gasteiger partial charge in [0.05, 0.1) is 4.91 Å². The van der Waals surface area contributed by atoms with Crippen LogP contribution in [0, 0.1) is 0 Å². The van der Waals surface area contributed by atoms with Crippen molar-refractivity contribution in [3.63, 3.8) is 0 Å². The van der Waals surface area contributed by atoms with E-state index in [9.17, 15) is 4.79 Å². The Morgan fingerprint density at radius 2 is 2.07 bits per heavy atom. The van der Waals surface area contributed by atoms with E-state index in [0.29, 0.717) is 0 Å². The number of allylic oxidation sites excluding steroid dienone is 1. The van der Waals surface area contributed by atoms with Crippen molar-refractivity contribution in [2.45, 2.75) is 5.75 Å². The molecular weight excluding hydrogens is 206 g/mol. The van der Waals surface area contributed by atoms with Crippen molar-refractivity contribution in [2.24, 2.45) is 0 Å². The molecule has 0 aromatic heterocycles. The average Bonchev–Trinajstić information content (AvgIpc) is 2.22. The van der Waals surface area contributed by atoms with Crippen LogP contribution in [-0.2, 0) is 5.75 Å². The van der Waals surface area contributed by atoms with Crippen molar-refractivity contribution in [1.82, 2.24) is 4.90 Å². The molecule has 1 heterocycles. The van der Waals surface area contributed by atoms with Crippen molar-refractivity contribution in [3.05, 3.63) is 46.5 Å². The van der Waals surface area contributed by atoms with Gasteiger partial charge in [-0.25, -0.2) is 0 Å². The molecule has 1 aromatic rings. The summed E-state index contributed by atoms with van der Waals surface area (Å²) in [6, 6.07) is 7.82. The van der Waals surface area contributed by atoms with Gasteiger partial charge in [-0.05, 0) is 5.56 Å². The van der Waals surface area contributed by atoms with Gasteiger partial charge in [-0.15, -0.1) is 11.8 Å². The molecule has 15 heavy (non-hydrogen) atoms. The maximum Gasteiger partial charge on any atom is 0.201 e. The summed E-state index contributed by atoms with van der Waals surface area (Å²) < 4.78 is 0. The van der Waals surface area contributed by atoms with Gasteiger partial charge < -0.3 is 4.90 Å². The number of carbonyl (C=O) groups excluding carboxylic acids is 1. The molecule has 78 valence electrons. The Kier molecular flexibility index (Phi) is 2.82. The molecule has 2 rings (SSSR count). The van der Waals surface area contributed by atoms with Crippen molar-refractivity contribution < 1.29 is 4.79 Å². The minimum absolute atomic E-state index is 0.149. The van der Waals surface area contributed by atoms with E-state index < -0.39 is 0 Å². The number of rotatable bonds is 1. The summed E-state index contributed by atoms with van der Waals surface area (Å²) in [6.07, 6.45) is 1.89. The number of fused-ring (bicyclic) bond motifs is 1. The molecule has 2 nitrogen and oxygen atoms in total. The van der Waals surface area contributed by atoms with Gasteiger partial charge in [0, 0.05) is 31.6 Å². The number of ketones is 1. The van der Waals surface area contributed by atoms with Crippen LogP contribution in [0.15, 0.2) is 35.4 Å². The lowest BCUT2D eigenvalue weighted by atomic mass is 10.0. The van der Waals surface area contributed by atoms with E-state index >= 15 is 0 Å². The van der Waals surface area contributed by atoms with E-state index in [2.05, 4.69) is 0 Å². The minimum Gasteiger partial charge on any atom is -0.382 e. The molecule has 0 spiro atoms. The summed E-state index contributed by atoms with van der Waals surface area (Å²) in [4.78, 5) is 14.8. The molecular formula is C12H13NOS. The summed E-state index contributed by atoms with van der Waals surface area (Å²) >= 11 is 1.61. The second-order valence-electron chi connectivity index (χ2n) is 3.73. The normalized spacial score (nSPS) is 17.7. The second-order valence-corrected chi connectivity index (χ2v) is 4.75. The van der Waals surface area contributed by atoms with Crippen LogP contribution >= 0.6 is 11.8 Å². The maximum atomic E-state index is 12.0. The molecule has 0 N–H and O–H groups in total. The molecule has 0 saturated carbocycles. The lowest BCUT2D eigenvalue weighted by Gasteiger charge is -2.18. The van der Waals surface area contributed by atoms with E-state index in [1.807, 2.05) is 49.5 Å². The Labute approximate surface area is 94.0 Å². The van der Waals surface area contributed by atoms with Gasteiger partial charge in [0.1, 0.15) is 0 Å². The van der Waals surface area contributed by atoms with Gasteiger partial charge in [0.25, 0.3) is 0 Å². The predicted molar refractivity (Wildman–Crippen MR) is 63.8 cm³/mol. The highest BCUT2D eigenvalue weighted by Crippen LogP contribution is 2.32. The Hall–Kier alpha value is -1.22. The van der Waals surface area contributed by atoms with Crippen LogP contribution in [-0.4, -0.2) is 24.8 Å². The van der Waals surface area contributed by atoms with Crippen LogP contribution in [0.5, 0.6) is 0 Å². The maximum absolute atomic E-state index is 12.0. The smallest absolute Gasteiger partial charge is 0.201 e. The first kappa shape index (κ1) is 10.3. The zero-order chi connectivity index (χ0) is 10.8. The molecule has 0 unspecified atom stereocenters. The standard InChI is InChI=1S/C12H13NOS/c1-13(2)7-11-12(14)10-6-4-3-5-9(10)8-15-11/h3-7H,8H2,1-2H3. The number of Topliss-reactive ketones (excluding diaryl/α,β-unsaturated/α-hetero) is 1. The molecule has 0 radical (unpaired) electrons. The fourth-order valence-electron chi connectivity index (χ4n) is 1.55. The summed E-state index contributed by atoms with van der Waals surface area (Å²) in [6.45, 7) is 0. The molecule has 1 aliphatic heterocycles. The summed E-state index contributed by atoms with van der Waals surface area (Å²) in [5.74, 6) is 1.04. The zero-order valence-electron chi connectivity index (χ0n) is 8.86. The quantitative estimate of drug-likeness (QED) is 0.677. The number of nitrogens with zero attached hydrogens (tertiary/aromatic N) is 1. The molecule has 3 heteroatoms. The van der Waals surface area contributed by atoms with E-state index in [1.165, 1.54) is 0 Å². The van der Waals surface area contributed by atoms with Gasteiger partial charge in [-0.3, -0.25) is 4.79 Å². The first-order valence-electron chi connectivity index (χ1n) is 4.82. The molecule has 0 fully saturated rings. The van der Waals surface area contributed by atoms with Crippen LogP contribution in [0.3, 0.4) is 0 Å². The van der Waals surface area contributed by atoms with E-state index in [-0.39, 0.29) is 5.78 Å². The van der Waals surface area contributed by atoms with Crippen molar-refractivity contribution in [1.29, 1.82) is 0 Å². The summed E-state index contributed by atoms with van der Waals surface area (Å²) in [5, 5.41) is 0. The van der Waals surface area contributed by atoms with Gasteiger partial charge in [0.15, 0.2) is 0 Å². The van der Waals surface area contributed by atoms with Gasteiger partial charge in [-0.1, -0.05) is 24.3 Å². The van der Waals surface area contributed by atoms with Crippen molar-refractivity contribution in [2.75, 3.05) is 14.1 Å². The third-order valence-electron chi connectivity index (χ3n) is 2.24. The number of benzene rings is 1. The Morgan fingerprint density at radius 3 is 2.80 bits per heavy atom. The predicted octanol–water partition coefficient (Wildman–Crippen LogP) is 2.52. The first-order valence-corrected chi connectivity index (χ1v) is 5.80. The number of hydrogen-bond acceptors (Lipinski definition) is 3. The highest BCUT2D eigenvalue weighted by molar-refractivity contribution is 8.03. The summed E-state index contributed by atoms with van der Waals surface area (Å²) in [7, 11) is 3.86. The molecule has 0 atom stereocenters. The number of hydrogen-bond donors (Lipinski definition) is 0. The third-order valence-corrected chi connectivity index (χ3v) is 3.30. The highest BCUT2D eigenvalue weighted by Gasteiger charge is 2.21. The van der Waals surface area contributed by atoms with Crippen LogP contribution in [0.4, 0.5) is 0 Å². The fourth-order valence-corrected chi connectivity index (χ4v) is 2.64. The number of carbonyl (C=O) groups is 1. The second kappa shape index (κ2) is 4.11. The molecule has 0 saturated heterocycles. The lowest BCUT2D eigenvalue weighted by molar-refractivity contribution is 0.104. The highest BCUT2D eigenvalue weighted by atomic mass is 32.2. The van der Waals surface area contributed by atoms with Crippen LogP contribution in [0.25, 0.3) is 0 Å². The molecule has 1 aliphatic rings. The zero-order valence-corrected chi connectivity index (χ0v) is 9.67. The lowest BCUT2D eigenvalue weighted by Crippen LogP contribution is -2.13. The topological polar surface area (TPSA) is 20.3 Å². The van der Waals surface area contributed by atoms with Crippen molar-refractivity contribution >= 4 is 17.5 Å².